The van der Waals surface area contributed by atoms with E-state index in [2.05, 4.69) is 40.8 Å². The quantitative estimate of drug-likeness (QED) is 0.785. The van der Waals surface area contributed by atoms with Crippen molar-refractivity contribution in [3.8, 4) is 0 Å². The van der Waals surface area contributed by atoms with E-state index in [9.17, 15) is 0 Å². The van der Waals surface area contributed by atoms with Gasteiger partial charge in [-0.05, 0) is 33.4 Å². The van der Waals surface area contributed by atoms with Gasteiger partial charge in [0.15, 0.2) is 0 Å². The van der Waals surface area contributed by atoms with Crippen molar-refractivity contribution < 1.29 is 0 Å². The lowest BCUT2D eigenvalue weighted by molar-refractivity contribution is -0.0289. The number of rotatable bonds is 6. The summed E-state index contributed by atoms with van der Waals surface area (Å²) in [5.41, 5.74) is 0. The first-order valence-corrected chi connectivity index (χ1v) is 7.47. The molecule has 1 rings (SSSR count). The van der Waals surface area contributed by atoms with Gasteiger partial charge in [0.1, 0.15) is 0 Å². The molecule has 0 atom stereocenters. The molecule has 4 nitrogen and oxygen atoms in total. The number of nitrogens with one attached hydrogen (secondary N) is 1. The minimum Gasteiger partial charge on any atom is -0.323 e. The van der Waals surface area contributed by atoms with Crippen LogP contribution in [0.4, 0.5) is 0 Å². The van der Waals surface area contributed by atoms with Crippen molar-refractivity contribution in [1.82, 2.24) is 20.0 Å². The van der Waals surface area contributed by atoms with E-state index in [0.717, 1.165) is 0 Å². The Morgan fingerprint density at radius 3 is 1.06 bits per heavy atom. The molecule has 0 spiro atoms. The Morgan fingerprint density at radius 1 is 0.667 bits per heavy atom. The van der Waals surface area contributed by atoms with E-state index in [1.54, 1.807) is 0 Å². The Labute approximate surface area is 114 Å². The predicted molar refractivity (Wildman–Crippen MR) is 80.6 cm³/mol. The standard InChI is InChI=1S/C12H27N3.C2H7N/c1-4-7-13-10-14(8-5-2)12-15(11-13)9-6-3;1-3-2/h4-12H2,1-3H3;3H,1-2H3. The van der Waals surface area contributed by atoms with Gasteiger partial charge in [-0.2, -0.15) is 0 Å². The molecule has 0 unspecified atom stereocenters. The fourth-order valence-electron chi connectivity index (χ4n) is 2.36. The SMILES string of the molecule is CCCN1CN(CCC)CN(CCC)C1.CNC. The van der Waals surface area contributed by atoms with Gasteiger partial charge in [-0.15, -0.1) is 0 Å². The van der Waals surface area contributed by atoms with Crippen molar-refractivity contribution in [2.75, 3.05) is 53.7 Å². The van der Waals surface area contributed by atoms with E-state index in [4.69, 9.17) is 0 Å². The highest BCUT2D eigenvalue weighted by Gasteiger charge is 2.21. The maximum absolute atomic E-state index is 2.75. The predicted octanol–water partition coefficient (Wildman–Crippen LogP) is 1.84. The Bertz CT molecular complexity index is 141. The van der Waals surface area contributed by atoms with Crippen LogP contribution < -0.4 is 5.32 Å². The summed E-state index contributed by atoms with van der Waals surface area (Å²) in [5, 5.41) is 2.75. The van der Waals surface area contributed by atoms with Gasteiger partial charge >= 0.3 is 0 Å². The van der Waals surface area contributed by atoms with Crippen LogP contribution in [-0.4, -0.2) is 68.4 Å². The Kier molecular flexibility index (Phi) is 11.8. The molecule has 1 aliphatic rings. The van der Waals surface area contributed by atoms with Crippen LogP contribution in [0.25, 0.3) is 0 Å². The second kappa shape index (κ2) is 11.9. The molecule has 0 bridgehead atoms. The van der Waals surface area contributed by atoms with Gasteiger partial charge in [-0.1, -0.05) is 20.8 Å². The Hall–Kier alpha value is -0.160. The summed E-state index contributed by atoms with van der Waals surface area (Å²) in [4.78, 5) is 7.69. The van der Waals surface area contributed by atoms with Crippen molar-refractivity contribution in [2.45, 2.75) is 40.0 Å². The molecule has 0 aromatic rings. The van der Waals surface area contributed by atoms with E-state index in [1.165, 1.54) is 58.9 Å². The van der Waals surface area contributed by atoms with Gasteiger partial charge in [0.05, 0.1) is 20.0 Å². The molecule has 110 valence electrons. The first-order valence-electron chi connectivity index (χ1n) is 7.47. The highest BCUT2D eigenvalue weighted by atomic mass is 15.5. The highest BCUT2D eigenvalue weighted by molar-refractivity contribution is 4.68. The zero-order valence-corrected chi connectivity index (χ0v) is 13.2. The maximum Gasteiger partial charge on any atom is 0.0529 e. The highest BCUT2D eigenvalue weighted by Crippen LogP contribution is 2.08. The third-order valence-electron chi connectivity index (χ3n) is 2.82. The number of hydrogen-bond donors (Lipinski definition) is 1. The minimum atomic E-state index is 1.17. The number of nitrogens with zero attached hydrogens (tertiary/aromatic N) is 3. The summed E-state index contributed by atoms with van der Waals surface area (Å²) < 4.78 is 0. The van der Waals surface area contributed by atoms with Crippen LogP contribution in [0.2, 0.25) is 0 Å². The first kappa shape index (κ1) is 17.8. The van der Waals surface area contributed by atoms with Crippen LogP contribution in [0, 0.1) is 0 Å². The lowest BCUT2D eigenvalue weighted by Gasteiger charge is -2.42. The molecule has 0 aromatic carbocycles. The van der Waals surface area contributed by atoms with Crippen LogP contribution in [0.5, 0.6) is 0 Å². The third-order valence-corrected chi connectivity index (χ3v) is 2.82. The van der Waals surface area contributed by atoms with Crippen molar-refractivity contribution in [3.05, 3.63) is 0 Å². The van der Waals surface area contributed by atoms with Gasteiger partial charge in [-0.25, -0.2) is 0 Å². The van der Waals surface area contributed by atoms with Crippen LogP contribution >= 0.6 is 0 Å². The van der Waals surface area contributed by atoms with Crippen LogP contribution in [0.1, 0.15) is 40.0 Å². The Morgan fingerprint density at radius 2 is 0.889 bits per heavy atom. The van der Waals surface area contributed by atoms with E-state index < -0.39 is 0 Å². The molecular formula is C14H34N4. The molecule has 1 fully saturated rings. The molecule has 1 aliphatic heterocycles. The van der Waals surface area contributed by atoms with Gasteiger partial charge in [-0.3, -0.25) is 14.7 Å². The summed E-state index contributed by atoms with van der Waals surface area (Å²) in [5.74, 6) is 0. The molecule has 0 saturated carbocycles. The molecule has 0 aromatic heterocycles. The van der Waals surface area contributed by atoms with Crippen LogP contribution in [0.15, 0.2) is 0 Å². The average molecular weight is 258 g/mol. The minimum absolute atomic E-state index is 1.17. The van der Waals surface area contributed by atoms with E-state index in [0.29, 0.717) is 0 Å². The van der Waals surface area contributed by atoms with Crippen LogP contribution in [0.3, 0.4) is 0 Å². The monoisotopic (exact) mass is 258 g/mol. The smallest absolute Gasteiger partial charge is 0.0529 e. The molecule has 1 saturated heterocycles. The molecular weight excluding hydrogens is 224 g/mol. The second-order valence-electron chi connectivity index (χ2n) is 5.11. The lowest BCUT2D eigenvalue weighted by Crippen LogP contribution is -2.55. The third kappa shape index (κ3) is 8.03. The maximum atomic E-state index is 2.75. The summed E-state index contributed by atoms with van der Waals surface area (Å²) in [6, 6.07) is 0. The second-order valence-corrected chi connectivity index (χ2v) is 5.11. The van der Waals surface area contributed by atoms with Crippen molar-refractivity contribution in [3.63, 3.8) is 0 Å². The summed E-state index contributed by atoms with van der Waals surface area (Å²) in [7, 11) is 3.75. The zero-order chi connectivity index (χ0) is 13.8. The van der Waals surface area contributed by atoms with Gasteiger partial charge < -0.3 is 5.32 Å². The summed E-state index contributed by atoms with van der Waals surface area (Å²) >= 11 is 0. The van der Waals surface area contributed by atoms with Crippen molar-refractivity contribution in [1.29, 1.82) is 0 Å². The first-order chi connectivity index (χ1) is 8.71. The van der Waals surface area contributed by atoms with Gasteiger partial charge in [0.25, 0.3) is 0 Å². The normalized spacial score (nSPS) is 18.5. The molecule has 1 heterocycles. The lowest BCUT2D eigenvalue weighted by atomic mass is 10.3. The zero-order valence-electron chi connectivity index (χ0n) is 13.2. The average Bonchev–Trinajstić information content (AvgIpc) is 2.31. The fraction of sp³-hybridized carbons (Fsp3) is 1.00. The van der Waals surface area contributed by atoms with Crippen LogP contribution in [-0.2, 0) is 0 Å². The Balaban J connectivity index is 0.000000873. The topological polar surface area (TPSA) is 21.8 Å². The molecule has 0 radical (unpaired) electrons. The molecule has 1 N–H and O–H groups in total. The number of hydrogen-bond acceptors (Lipinski definition) is 4. The van der Waals surface area contributed by atoms with E-state index in [-0.39, 0.29) is 0 Å². The van der Waals surface area contributed by atoms with Crippen molar-refractivity contribution >= 4 is 0 Å². The largest absolute Gasteiger partial charge is 0.323 e. The van der Waals surface area contributed by atoms with Gasteiger partial charge in [0.2, 0.25) is 0 Å². The van der Waals surface area contributed by atoms with Gasteiger partial charge in [0, 0.05) is 19.6 Å². The molecule has 18 heavy (non-hydrogen) atoms. The molecule has 0 aliphatic carbocycles. The van der Waals surface area contributed by atoms with E-state index in [1.807, 2.05) is 14.1 Å². The van der Waals surface area contributed by atoms with E-state index >= 15 is 0 Å². The molecule has 4 heteroatoms. The van der Waals surface area contributed by atoms with Crippen molar-refractivity contribution in [2.24, 2.45) is 0 Å². The molecule has 0 amide bonds. The fourth-order valence-corrected chi connectivity index (χ4v) is 2.36. The summed E-state index contributed by atoms with van der Waals surface area (Å²) in [6.07, 6.45) is 3.79. The summed E-state index contributed by atoms with van der Waals surface area (Å²) in [6.45, 7) is 14.0.